The number of carboxylic acid groups (broad SMARTS) is 3. The number of aliphatic carboxylic acids is 2. The lowest BCUT2D eigenvalue weighted by Gasteiger charge is -2.11. The zero-order valence-electron chi connectivity index (χ0n) is 12.6. The van der Waals surface area contributed by atoms with Crippen LogP contribution < -0.4 is 5.32 Å². The number of carboxylic acids is 3. The summed E-state index contributed by atoms with van der Waals surface area (Å²) < 4.78 is 2.56. The number of benzene rings is 1. The first kappa shape index (κ1) is 23.6. The predicted octanol–water partition coefficient (Wildman–Crippen LogP) is 3.96. The fourth-order valence-corrected chi connectivity index (χ4v) is 5.94. The Morgan fingerprint density at radius 2 is 1.42 bits per heavy atom. The fraction of sp³-hybridized carbons (Fsp3) is 0.357. The van der Waals surface area contributed by atoms with Crippen molar-refractivity contribution in [2.24, 2.45) is 0 Å². The predicted molar refractivity (Wildman–Crippen MR) is 115 cm³/mol. The van der Waals surface area contributed by atoms with E-state index in [0.29, 0.717) is 18.4 Å². The van der Waals surface area contributed by atoms with Gasteiger partial charge in [-0.15, -0.1) is 0 Å². The van der Waals surface area contributed by atoms with Crippen LogP contribution in [0.15, 0.2) is 6.07 Å². The minimum atomic E-state index is -0.883. The van der Waals surface area contributed by atoms with Gasteiger partial charge in [-0.2, -0.15) is 0 Å². The van der Waals surface area contributed by atoms with Crippen LogP contribution in [0.25, 0.3) is 0 Å². The third-order valence-corrected chi connectivity index (χ3v) is 5.45. The van der Waals surface area contributed by atoms with Gasteiger partial charge in [0.25, 0.3) is 0 Å². The number of unbranched alkanes of at least 4 members (excludes halogenated alkanes) is 1. The summed E-state index contributed by atoms with van der Waals surface area (Å²) in [6, 6.07) is 1.86. The Bertz CT molecular complexity index is 605. The molecular formula is C14H16I3NO6. The highest BCUT2D eigenvalue weighted by molar-refractivity contribution is 14.1. The smallest absolute Gasteiger partial charge is 0.337 e. The number of rotatable bonds is 7. The fourth-order valence-electron chi connectivity index (χ4n) is 1.57. The lowest BCUT2D eigenvalue weighted by Crippen LogP contribution is -2.07. The highest BCUT2D eigenvalue weighted by Crippen LogP contribution is 2.31. The molecule has 0 aliphatic heterocycles. The molecule has 0 amide bonds. The van der Waals surface area contributed by atoms with Crippen molar-refractivity contribution in [2.75, 3.05) is 12.4 Å². The molecule has 0 spiro atoms. The van der Waals surface area contributed by atoms with Gasteiger partial charge >= 0.3 is 17.9 Å². The minimum Gasteiger partial charge on any atom is -0.481 e. The van der Waals surface area contributed by atoms with E-state index in [1.165, 1.54) is 0 Å². The molecule has 0 aromatic heterocycles. The van der Waals surface area contributed by atoms with Gasteiger partial charge in [0.05, 0.1) is 14.8 Å². The molecule has 10 heteroatoms. The maximum absolute atomic E-state index is 11.0. The third kappa shape index (κ3) is 8.64. The Hall–Kier alpha value is -0.380. The molecule has 1 rings (SSSR count). The Morgan fingerprint density at radius 1 is 0.958 bits per heavy atom. The molecule has 0 saturated carbocycles. The molecule has 0 heterocycles. The van der Waals surface area contributed by atoms with Gasteiger partial charge in [0.2, 0.25) is 0 Å². The molecular weight excluding hydrogens is 659 g/mol. The Balaban J connectivity index is 0.000000470. The summed E-state index contributed by atoms with van der Waals surface area (Å²) in [5, 5.41) is 28.3. The summed E-state index contributed by atoms with van der Waals surface area (Å²) in [6.45, 7) is 0. The van der Waals surface area contributed by atoms with E-state index < -0.39 is 17.9 Å². The van der Waals surface area contributed by atoms with Crippen molar-refractivity contribution in [1.82, 2.24) is 0 Å². The van der Waals surface area contributed by atoms with Gasteiger partial charge in [0.1, 0.15) is 0 Å². The lowest BCUT2D eigenvalue weighted by molar-refractivity contribution is -0.139. The number of carbonyl (C=O) groups is 3. The van der Waals surface area contributed by atoms with Gasteiger partial charge in [-0.1, -0.05) is 0 Å². The number of hydrogen-bond donors (Lipinski definition) is 4. The van der Waals surface area contributed by atoms with Crippen LogP contribution in [0.5, 0.6) is 0 Å². The van der Waals surface area contributed by atoms with Crippen molar-refractivity contribution in [3.63, 3.8) is 0 Å². The number of aromatic carboxylic acids is 1. The molecule has 0 bridgehead atoms. The second kappa shape index (κ2) is 12.1. The zero-order chi connectivity index (χ0) is 18.9. The van der Waals surface area contributed by atoms with Crippen LogP contribution in [0.1, 0.15) is 36.0 Å². The molecule has 0 atom stereocenters. The van der Waals surface area contributed by atoms with Crippen LogP contribution >= 0.6 is 67.8 Å². The van der Waals surface area contributed by atoms with E-state index >= 15 is 0 Å². The minimum absolute atomic E-state index is 0.0628. The average molecular weight is 675 g/mol. The van der Waals surface area contributed by atoms with Crippen molar-refractivity contribution in [2.45, 2.75) is 25.7 Å². The number of halogens is 3. The molecule has 0 unspecified atom stereocenters. The van der Waals surface area contributed by atoms with Crippen LogP contribution in [0, 0.1) is 10.7 Å². The number of hydrogen-bond acceptors (Lipinski definition) is 4. The molecule has 0 saturated heterocycles. The molecule has 0 radical (unpaired) electrons. The van der Waals surface area contributed by atoms with E-state index in [9.17, 15) is 14.4 Å². The largest absolute Gasteiger partial charge is 0.481 e. The average Bonchev–Trinajstić information content (AvgIpc) is 2.43. The SMILES string of the molecule is CNc1c(I)cc(I)c(C(=O)O)c1I.O=C(O)CCCCC(=O)O. The maximum Gasteiger partial charge on any atom is 0.337 e. The number of nitrogens with one attached hydrogen (secondary N) is 1. The normalized spacial score (nSPS) is 9.67. The van der Waals surface area contributed by atoms with Gasteiger partial charge in [-0.25, -0.2) is 4.79 Å². The summed E-state index contributed by atoms with van der Waals surface area (Å²) in [7, 11) is 1.79. The molecule has 134 valence electrons. The quantitative estimate of drug-likeness (QED) is 0.255. The Kier molecular flexibility index (Phi) is 11.9. The van der Waals surface area contributed by atoms with Crippen LogP contribution in [0.2, 0.25) is 0 Å². The van der Waals surface area contributed by atoms with Crippen LogP contribution in [-0.4, -0.2) is 40.3 Å². The Morgan fingerprint density at radius 3 is 1.75 bits per heavy atom. The van der Waals surface area contributed by atoms with Crippen LogP contribution in [-0.2, 0) is 9.59 Å². The van der Waals surface area contributed by atoms with Crippen molar-refractivity contribution < 1.29 is 29.7 Å². The third-order valence-electron chi connectivity index (χ3n) is 2.67. The zero-order valence-corrected chi connectivity index (χ0v) is 19.1. The summed E-state index contributed by atoms with van der Waals surface area (Å²) >= 11 is 6.28. The van der Waals surface area contributed by atoms with E-state index in [0.717, 1.165) is 16.4 Å². The van der Waals surface area contributed by atoms with Gasteiger partial charge < -0.3 is 20.6 Å². The van der Waals surface area contributed by atoms with Crippen LogP contribution in [0.4, 0.5) is 5.69 Å². The summed E-state index contributed by atoms with van der Waals surface area (Å²) in [6.07, 6.45) is 1.02. The van der Waals surface area contributed by atoms with Crippen molar-refractivity contribution >= 4 is 91.4 Å². The second-order valence-electron chi connectivity index (χ2n) is 4.45. The molecule has 0 fully saturated rings. The van der Waals surface area contributed by atoms with Gasteiger partial charge in [-0.05, 0) is 86.7 Å². The molecule has 0 aliphatic carbocycles. The van der Waals surface area contributed by atoms with E-state index in [2.05, 4.69) is 50.5 Å². The summed E-state index contributed by atoms with van der Waals surface area (Å²) in [5.74, 6) is -2.62. The first-order valence-electron chi connectivity index (χ1n) is 6.63. The summed E-state index contributed by atoms with van der Waals surface area (Å²) in [4.78, 5) is 30.8. The first-order chi connectivity index (χ1) is 11.1. The highest BCUT2D eigenvalue weighted by atomic mass is 127. The van der Waals surface area contributed by atoms with Gasteiger partial charge in [0, 0.05) is 27.0 Å². The van der Waals surface area contributed by atoms with Crippen molar-refractivity contribution in [3.8, 4) is 0 Å². The highest BCUT2D eigenvalue weighted by Gasteiger charge is 2.18. The monoisotopic (exact) mass is 675 g/mol. The van der Waals surface area contributed by atoms with Crippen molar-refractivity contribution in [1.29, 1.82) is 0 Å². The Labute approximate surface area is 180 Å². The standard InChI is InChI=1S/C8H6I3NO2.C6H10O4/c1-12-7-4(10)2-3(9)5(6(7)11)8(13)14;7-5(8)3-1-2-4-6(9)10/h2,12H,1H3,(H,13,14);1-4H2,(H,7,8)(H,9,10). The maximum atomic E-state index is 11.0. The molecule has 4 N–H and O–H groups in total. The van der Waals surface area contributed by atoms with E-state index in [-0.39, 0.29) is 12.8 Å². The molecule has 1 aromatic carbocycles. The second-order valence-corrected chi connectivity index (χ2v) is 7.86. The van der Waals surface area contributed by atoms with E-state index in [1.54, 1.807) is 7.05 Å². The van der Waals surface area contributed by atoms with Crippen LogP contribution in [0.3, 0.4) is 0 Å². The van der Waals surface area contributed by atoms with Crippen molar-refractivity contribution in [3.05, 3.63) is 22.3 Å². The van der Waals surface area contributed by atoms with Gasteiger partial charge in [-0.3, -0.25) is 9.59 Å². The molecule has 1 aromatic rings. The van der Waals surface area contributed by atoms with E-state index in [1.807, 2.05) is 28.7 Å². The first-order valence-corrected chi connectivity index (χ1v) is 9.87. The lowest BCUT2D eigenvalue weighted by atomic mass is 10.2. The molecule has 7 nitrogen and oxygen atoms in total. The molecule has 0 aliphatic rings. The van der Waals surface area contributed by atoms with Gasteiger partial charge in [0.15, 0.2) is 0 Å². The topological polar surface area (TPSA) is 124 Å². The molecule has 24 heavy (non-hydrogen) atoms. The number of anilines is 1. The summed E-state index contributed by atoms with van der Waals surface area (Å²) in [5.41, 5.74) is 1.25. The van der Waals surface area contributed by atoms with E-state index in [4.69, 9.17) is 15.3 Å².